The third kappa shape index (κ3) is 3.21. The van der Waals surface area contributed by atoms with Gasteiger partial charge in [0.1, 0.15) is 5.75 Å². The number of carbonyl (C=O) groups excluding carboxylic acids is 1. The first-order valence-electron chi connectivity index (χ1n) is 7.96. The monoisotopic (exact) mass is 288 g/mol. The third-order valence-electron chi connectivity index (χ3n) is 4.79. The predicted octanol–water partition coefficient (Wildman–Crippen LogP) is 2.37. The van der Waals surface area contributed by atoms with Crippen molar-refractivity contribution in [3.8, 4) is 5.75 Å². The minimum atomic E-state index is 0.0707. The largest absolute Gasteiger partial charge is 0.508 e. The zero-order valence-electron chi connectivity index (χ0n) is 12.6. The molecule has 1 aromatic carbocycles. The highest BCUT2D eigenvalue weighted by molar-refractivity contribution is 5.73. The molecule has 1 saturated heterocycles. The van der Waals surface area contributed by atoms with Crippen LogP contribution >= 0.6 is 0 Å². The summed E-state index contributed by atoms with van der Waals surface area (Å²) in [5.74, 6) is 0.440. The predicted molar refractivity (Wildman–Crippen MR) is 82.2 cm³/mol. The molecule has 1 aliphatic heterocycles. The number of aryl methyl sites for hydroxylation is 1. The Balaban J connectivity index is 1.69. The summed E-state index contributed by atoms with van der Waals surface area (Å²) in [6.45, 7) is 3.63. The summed E-state index contributed by atoms with van der Waals surface area (Å²) in [5.41, 5.74) is 2.69. The molecule has 1 heterocycles. The van der Waals surface area contributed by atoms with Crippen LogP contribution in [0.5, 0.6) is 5.75 Å². The van der Waals surface area contributed by atoms with Crippen molar-refractivity contribution in [2.24, 2.45) is 0 Å². The molecule has 0 aromatic heterocycles. The van der Waals surface area contributed by atoms with Crippen LogP contribution < -0.4 is 5.32 Å². The first-order chi connectivity index (χ1) is 10.1. The van der Waals surface area contributed by atoms with Gasteiger partial charge in [0.05, 0.1) is 0 Å². The van der Waals surface area contributed by atoms with Gasteiger partial charge in [0.2, 0.25) is 5.91 Å². The average molecular weight is 288 g/mol. The zero-order valence-corrected chi connectivity index (χ0v) is 12.6. The summed E-state index contributed by atoms with van der Waals surface area (Å²) in [7, 11) is 0. The molecule has 2 aliphatic rings. The Morgan fingerprint density at radius 3 is 2.76 bits per heavy atom. The summed E-state index contributed by atoms with van der Waals surface area (Å²) in [4.78, 5) is 13.7. The van der Waals surface area contributed by atoms with Crippen LogP contribution in [0.4, 0.5) is 0 Å². The van der Waals surface area contributed by atoms with Crippen LogP contribution in [-0.4, -0.2) is 35.0 Å². The number of rotatable bonds is 2. The third-order valence-corrected chi connectivity index (χ3v) is 4.79. The number of nitrogens with zero attached hydrogens (tertiary/aromatic N) is 1. The van der Waals surface area contributed by atoms with Crippen molar-refractivity contribution in [1.82, 2.24) is 10.2 Å². The van der Waals surface area contributed by atoms with E-state index in [4.69, 9.17) is 0 Å². The SMILES string of the molecule is CC(=O)NC1CCN(C2CCCc3ccc(O)cc32)CC1. The number of nitrogens with one attached hydrogen (secondary N) is 1. The number of piperidine rings is 1. The summed E-state index contributed by atoms with van der Waals surface area (Å²) in [5, 5.41) is 12.8. The molecule has 1 aromatic rings. The van der Waals surface area contributed by atoms with E-state index >= 15 is 0 Å². The molecule has 3 rings (SSSR count). The number of amides is 1. The fourth-order valence-corrected chi connectivity index (χ4v) is 3.78. The molecular formula is C17H24N2O2. The smallest absolute Gasteiger partial charge is 0.217 e. The van der Waals surface area contributed by atoms with E-state index in [0.29, 0.717) is 17.8 Å². The summed E-state index contributed by atoms with van der Waals surface area (Å²) >= 11 is 0. The standard InChI is InChI=1S/C17H24N2O2/c1-12(20)18-14-7-9-19(10-8-14)17-4-2-3-13-5-6-15(21)11-16(13)17/h5-6,11,14,17,21H,2-4,7-10H2,1H3,(H,18,20). The second kappa shape index (κ2) is 6.06. The summed E-state index contributed by atoms with van der Waals surface area (Å²) in [6.07, 6.45) is 5.54. The minimum absolute atomic E-state index is 0.0707. The molecule has 2 N–H and O–H groups in total. The summed E-state index contributed by atoms with van der Waals surface area (Å²) in [6, 6.07) is 6.56. The van der Waals surface area contributed by atoms with Gasteiger partial charge in [0.15, 0.2) is 0 Å². The molecule has 0 spiro atoms. The average Bonchev–Trinajstić information content (AvgIpc) is 2.47. The van der Waals surface area contributed by atoms with Gasteiger partial charge in [0.25, 0.3) is 0 Å². The number of hydrogen-bond donors (Lipinski definition) is 2. The van der Waals surface area contributed by atoms with Crippen LogP contribution in [0.3, 0.4) is 0 Å². The highest BCUT2D eigenvalue weighted by atomic mass is 16.3. The van der Waals surface area contributed by atoms with Gasteiger partial charge >= 0.3 is 0 Å². The minimum Gasteiger partial charge on any atom is -0.508 e. The van der Waals surface area contributed by atoms with E-state index < -0.39 is 0 Å². The topological polar surface area (TPSA) is 52.6 Å². The zero-order chi connectivity index (χ0) is 14.8. The van der Waals surface area contributed by atoms with Gasteiger partial charge in [-0.05, 0) is 55.4 Å². The highest BCUT2D eigenvalue weighted by Crippen LogP contribution is 2.37. The van der Waals surface area contributed by atoms with Crippen LogP contribution in [0, 0.1) is 0 Å². The number of phenols is 1. The Hall–Kier alpha value is -1.55. The first kappa shape index (κ1) is 14.4. The van der Waals surface area contributed by atoms with E-state index in [9.17, 15) is 9.90 Å². The number of aromatic hydroxyl groups is 1. The maximum absolute atomic E-state index is 11.1. The van der Waals surface area contributed by atoms with Gasteiger partial charge in [-0.15, -0.1) is 0 Å². The van der Waals surface area contributed by atoms with Crippen LogP contribution in [0.25, 0.3) is 0 Å². The van der Waals surface area contributed by atoms with Crippen molar-refractivity contribution in [2.75, 3.05) is 13.1 Å². The number of hydrogen-bond acceptors (Lipinski definition) is 3. The van der Waals surface area contributed by atoms with E-state index in [1.807, 2.05) is 6.07 Å². The second-order valence-electron chi connectivity index (χ2n) is 6.30. The van der Waals surface area contributed by atoms with Gasteiger partial charge in [-0.2, -0.15) is 0 Å². The molecule has 4 heteroatoms. The van der Waals surface area contributed by atoms with Crippen molar-refractivity contribution >= 4 is 5.91 Å². The van der Waals surface area contributed by atoms with Crippen molar-refractivity contribution in [3.63, 3.8) is 0 Å². The Morgan fingerprint density at radius 2 is 2.05 bits per heavy atom. The molecule has 1 amide bonds. The van der Waals surface area contributed by atoms with E-state index in [1.165, 1.54) is 24.0 Å². The molecule has 21 heavy (non-hydrogen) atoms. The molecule has 114 valence electrons. The van der Waals surface area contributed by atoms with Gasteiger partial charge in [-0.25, -0.2) is 0 Å². The lowest BCUT2D eigenvalue weighted by Gasteiger charge is -2.40. The maximum atomic E-state index is 11.1. The van der Waals surface area contributed by atoms with E-state index in [-0.39, 0.29) is 5.91 Å². The fraction of sp³-hybridized carbons (Fsp3) is 0.588. The molecule has 1 fully saturated rings. The Morgan fingerprint density at radius 1 is 1.29 bits per heavy atom. The Labute approximate surface area is 126 Å². The molecule has 1 unspecified atom stereocenters. The molecule has 1 atom stereocenters. The van der Waals surface area contributed by atoms with Crippen LogP contribution in [0.1, 0.15) is 49.8 Å². The molecule has 0 saturated carbocycles. The Bertz CT molecular complexity index is 522. The van der Waals surface area contributed by atoms with Crippen molar-refractivity contribution < 1.29 is 9.90 Å². The van der Waals surface area contributed by atoms with Crippen LogP contribution in [-0.2, 0) is 11.2 Å². The normalized spacial score (nSPS) is 23.6. The van der Waals surface area contributed by atoms with Gasteiger partial charge < -0.3 is 10.4 Å². The summed E-state index contributed by atoms with van der Waals surface area (Å²) < 4.78 is 0. The number of fused-ring (bicyclic) bond motifs is 1. The van der Waals surface area contributed by atoms with E-state index in [1.54, 1.807) is 13.0 Å². The van der Waals surface area contributed by atoms with Crippen LogP contribution in [0.15, 0.2) is 18.2 Å². The number of likely N-dealkylation sites (tertiary alicyclic amines) is 1. The van der Waals surface area contributed by atoms with Crippen molar-refractivity contribution in [1.29, 1.82) is 0 Å². The lowest BCUT2D eigenvalue weighted by Crippen LogP contribution is -2.45. The lowest BCUT2D eigenvalue weighted by atomic mass is 9.85. The number of benzene rings is 1. The lowest BCUT2D eigenvalue weighted by molar-refractivity contribution is -0.120. The van der Waals surface area contributed by atoms with E-state index in [2.05, 4.69) is 16.3 Å². The van der Waals surface area contributed by atoms with Crippen molar-refractivity contribution in [2.45, 2.75) is 51.1 Å². The second-order valence-corrected chi connectivity index (χ2v) is 6.30. The fourth-order valence-electron chi connectivity index (χ4n) is 3.78. The van der Waals surface area contributed by atoms with Gasteiger partial charge in [-0.1, -0.05) is 6.07 Å². The Kier molecular flexibility index (Phi) is 4.15. The molecule has 1 aliphatic carbocycles. The van der Waals surface area contributed by atoms with Crippen LogP contribution in [0.2, 0.25) is 0 Å². The number of carbonyl (C=O) groups is 1. The molecule has 4 nitrogen and oxygen atoms in total. The molecule has 0 bridgehead atoms. The quantitative estimate of drug-likeness (QED) is 0.878. The molecular weight excluding hydrogens is 264 g/mol. The highest BCUT2D eigenvalue weighted by Gasteiger charge is 2.29. The van der Waals surface area contributed by atoms with Gasteiger partial charge in [0, 0.05) is 32.1 Å². The maximum Gasteiger partial charge on any atom is 0.217 e. The van der Waals surface area contributed by atoms with Gasteiger partial charge in [-0.3, -0.25) is 9.69 Å². The van der Waals surface area contributed by atoms with Crippen molar-refractivity contribution in [3.05, 3.63) is 29.3 Å². The van der Waals surface area contributed by atoms with E-state index in [0.717, 1.165) is 32.4 Å². The first-order valence-corrected chi connectivity index (χ1v) is 7.96. The number of phenolic OH excluding ortho intramolecular Hbond substituents is 1. The molecule has 0 radical (unpaired) electrons.